The molecule has 0 radical (unpaired) electrons. The van der Waals surface area contributed by atoms with Gasteiger partial charge in [0, 0.05) is 6.54 Å². The lowest BCUT2D eigenvalue weighted by Crippen LogP contribution is -2.30. The van der Waals surface area contributed by atoms with Crippen molar-refractivity contribution in [2.24, 2.45) is 0 Å². The molecular formula is C20H23NO2. The van der Waals surface area contributed by atoms with E-state index < -0.39 is 0 Å². The molecule has 1 amide bonds. The molecule has 0 atom stereocenters. The van der Waals surface area contributed by atoms with Crippen molar-refractivity contribution in [3.63, 3.8) is 0 Å². The van der Waals surface area contributed by atoms with Crippen molar-refractivity contribution in [2.75, 3.05) is 13.2 Å². The van der Waals surface area contributed by atoms with Crippen LogP contribution < -0.4 is 10.1 Å². The highest BCUT2D eigenvalue weighted by molar-refractivity contribution is 5.77. The van der Waals surface area contributed by atoms with E-state index in [0.717, 1.165) is 25.0 Å². The lowest BCUT2D eigenvalue weighted by atomic mass is 9.92. The molecule has 2 aromatic carbocycles. The van der Waals surface area contributed by atoms with Crippen LogP contribution in [0.15, 0.2) is 48.5 Å². The summed E-state index contributed by atoms with van der Waals surface area (Å²) >= 11 is 0. The van der Waals surface area contributed by atoms with Crippen LogP contribution in [0.2, 0.25) is 0 Å². The SMILES string of the molecule is O=C(COc1ccc2c(c1)CCCC2)NCCc1ccccc1. The largest absolute Gasteiger partial charge is 0.484 e. The van der Waals surface area contributed by atoms with E-state index in [4.69, 9.17) is 4.74 Å². The fraction of sp³-hybridized carbons (Fsp3) is 0.350. The van der Waals surface area contributed by atoms with Crippen molar-refractivity contribution in [3.8, 4) is 5.75 Å². The summed E-state index contributed by atoms with van der Waals surface area (Å²) in [5.41, 5.74) is 4.03. The molecule has 0 saturated heterocycles. The van der Waals surface area contributed by atoms with Gasteiger partial charge in [0.1, 0.15) is 5.75 Å². The van der Waals surface area contributed by atoms with Crippen molar-refractivity contribution < 1.29 is 9.53 Å². The van der Waals surface area contributed by atoms with E-state index in [1.54, 1.807) is 0 Å². The van der Waals surface area contributed by atoms with Gasteiger partial charge < -0.3 is 10.1 Å². The molecule has 1 N–H and O–H groups in total. The van der Waals surface area contributed by atoms with E-state index >= 15 is 0 Å². The van der Waals surface area contributed by atoms with Crippen molar-refractivity contribution in [3.05, 3.63) is 65.2 Å². The molecule has 0 unspecified atom stereocenters. The van der Waals surface area contributed by atoms with Gasteiger partial charge >= 0.3 is 0 Å². The molecule has 0 fully saturated rings. The molecule has 0 heterocycles. The monoisotopic (exact) mass is 309 g/mol. The maximum absolute atomic E-state index is 11.9. The fourth-order valence-electron chi connectivity index (χ4n) is 2.99. The van der Waals surface area contributed by atoms with Crippen LogP contribution in [0.5, 0.6) is 5.75 Å². The molecule has 0 spiro atoms. The summed E-state index contributed by atoms with van der Waals surface area (Å²) in [5.74, 6) is 0.725. The number of amides is 1. The average molecular weight is 309 g/mol. The first-order chi connectivity index (χ1) is 11.3. The van der Waals surface area contributed by atoms with Crippen molar-refractivity contribution in [2.45, 2.75) is 32.1 Å². The zero-order valence-electron chi connectivity index (χ0n) is 13.4. The number of benzene rings is 2. The van der Waals surface area contributed by atoms with Crippen LogP contribution in [0.4, 0.5) is 0 Å². The van der Waals surface area contributed by atoms with Crippen LogP contribution in [0.25, 0.3) is 0 Å². The van der Waals surface area contributed by atoms with Crippen molar-refractivity contribution in [1.82, 2.24) is 5.32 Å². The van der Waals surface area contributed by atoms with E-state index in [2.05, 4.69) is 29.6 Å². The standard InChI is InChI=1S/C20H23NO2/c22-20(21-13-12-16-6-2-1-3-7-16)15-23-19-11-10-17-8-4-5-9-18(17)14-19/h1-3,6-7,10-11,14H,4-5,8-9,12-13,15H2,(H,21,22). The lowest BCUT2D eigenvalue weighted by Gasteiger charge is -2.16. The Morgan fingerprint density at radius 2 is 1.78 bits per heavy atom. The average Bonchev–Trinajstić information content (AvgIpc) is 2.61. The predicted octanol–water partition coefficient (Wildman–Crippen LogP) is 3.30. The number of carbonyl (C=O) groups excluding carboxylic acids is 1. The van der Waals surface area contributed by atoms with Crippen LogP contribution in [-0.2, 0) is 24.1 Å². The quantitative estimate of drug-likeness (QED) is 0.889. The molecule has 0 bridgehead atoms. The molecule has 0 aromatic heterocycles. The molecule has 3 heteroatoms. The molecule has 0 saturated carbocycles. The van der Waals surface area contributed by atoms with E-state index in [-0.39, 0.29) is 12.5 Å². The van der Waals surface area contributed by atoms with E-state index in [9.17, 15) is 4.79 Å². The van der Waals surface area contributed by atoms with Gasteiger partial charge in [-0.3, -0.25) is 4.79 Å². The summed E-state index contributed by atoms with van der Waals surface area (Å²) in [6.07, 6.45) is 5.64. The first-order valence-electron chi connectivity index (χ1n) is 8.36. The zero-order valence-corrected chi connectivity index (χ0v) is 13.4. The van der Waals surface area contributed by atoms with Crippen LogP contribution in [0, 0.1) is 0 Å². The summed E-state index contributed by atoms with van der Waals surface area (Å²) in [6.45, 7) is 0.712. The first-order valence-corrected chi connectivity index (χ1v) is 8.36. The van der Waals surface area contributed by atoms with Crippen molar-refractivity contribution in [1.29, 1.82) is 0 Å². The molecule has 1 aliphatic rings. The van der Waals surface area contributed by atoms with Crippen LogP contribution in [0.3, 0.4) is 0 Å². The third-order valence-electron chi connectivity index (χ3n) is 4.27. The Balaban J connectivity index is 1.42. The third-order valence-corrected chi connectivity index (χ3v) is 4.27. The number of nitrogens with one attached hydrogen (secondary N) is 1. The van der Waals surface area contributed by atoms with Crippen LogP contribution in [0.1, 0.15) is 29.5 Å². The second kappa shape index (κ2) is 7.82. The summed E-state index contributed by atoms with van der Waals surface area (Å²) in [5, 5.41) is 2.90. The summed E-state index contributed by atoms with van der Waals surface area (Å²) < 4.78 is 5.62. The minimum Gasteiger partial charge on any atom is -0.484 e. The summed E-state index contributed by atoms with van der Waals surface area (Å²) in [4.78, 5) is 11.9. The minimum atomic E-state index is -0.0707. The highest BCUT2D eigenvalue weighted by atomic mass is 16.5. The third kappa shape index (κ3) is 4.59. The van der Waals surface area contributed by atoms with Crippen LogP contribution in [-0.4, -0.2) is 19.1 Å². The predicted molar refractivity (Wildman–Crippen MR) is 91.7 cm³/mol. The number of fused-ring (bicyclic) bond motifs is 1. The first kappa shape index (κ1) is 15.6. The van der Waals surface area contributed by atoms with E-state index in [0.29, 0.717) is 6.54 Å². The number of rotatable bonds is 6. The van der Waals surface area contributed by atoms with Gasteiger partial charge in [0.25, 0.3) is 5.91 Å². The van der Waals surface area contributed by atoms with Gasteiger partial charge in [-0.05, 0) is 60.9 Å². The van der Waals surface area contributed by atoms with E-state index in [1.807, 2.05) is 24.3 Å². The van der Waals surface area contributed by atoms with Crippen molar-refractivity contribution >= 4 is 5.91 Å². The Morgan fingerprint density at radius 3 is 2.61 bits per heavy atom. The number of hydrogen-bond acceptors (Lipinski definition) is 2. The van der Waals surface area contributed by atoms with Gasteiger partial charge in [0.05, 0.1) is 0 Å². The number of carbonyl (C=O) groups is 1. The van der Waals surface area contributed by atoms with Gasteiger partial charge in [-0.25, -0.2) is 0 Å². The zero-order chi connectivity index (χ0) is 15.9. The smallest absolute Gasteiger partial charge is 0.257 e. The summed E-state index contributed by atoms with van der Waals surface area (Å²) in [7, 11) is 0. The Hall–Kier alpha value is -2.29. The molecule has 3 nitrogen and oxygen atoms in total. The molecular weight excluding hydrogens is 286 g/mol. The Bertz CT molecular complexity index is 652. The highest BCUT2D eigenvalue weighted by Gasteiger charge is 2.10. The number of aryl methyl sites for hydroxylation is 2. The summed E-state index contributed by atoms with van der Waals surface area (Å²) in [6, 6.07) is 16.3. The number of ether oxygens (including phenoxy) is 1. The molecule has 120 valence electrons. The second-order valence-corrected chi connectivity index (χ2v) is 6.01. The molecule has 1 aliphatic carbocycles. The Labute approximate surface area is 137 Å². The normalized spacial score (nSPS) is 13.2. The minimum absolute atomic E-state index is 0.0707. The molecule has 3 rings (SSSR count). The Kier molecular flexibility index (Phi) is 5.30. The molecule has 2 aromatic rings. The second-order valence-electron chi connectivity index (χ2n) is 6.01. The number of hydrogen-bond donors (Lipinski definition) is 1. The molecule has 23 heavy (non-hydrogen) atoms. The maximum Gasteiger partial charge on any atom is 0.257 e. The maximum atomic E-state index is 11.9. The van der Waals surface area contributed by atoms with Gasteiger partial charge in [-0.2, -0.15) is 0 Å². The highest BCUT2D eigenvalue weighted by Crippen LogP contribution is 2.25. The Morgan fingerprint density at radius 1 is 1.00 bits per heavy atom. The fourth-order valence-corrected chi connectivity index (χ4v) is 2.99. The lowest BCUT2D eigenvalue weighted by molar-refractivity contribution is -0.123. The van der Waals surface area contributed by atoms with E-state index in [1.165, 1.54) is 29.5 Å². The van der Waals surface area contributed by atoms with Gasteiger partial charge in [-0.15, -0.1) is 0 Å². The van der Waals surface area contributed by atoms with Crippen LogP contribution >= 0.6 is 0 Å². The topological polar surface area (TPSA) is 38.3 Å². The van der Waals surface area contributed by atoms with Gasteiger partial charge in [-0.1, -0.05) is 36.4 Å². The van der Waals surface area contributed by atoms with Gasteiger partial charge in [0.2, 0.25) is 0 Å². The van der Waals surface area contributed by atoms with Gasteiger partial charge in [0.15, 0.2) is 6.61 Å². The molecule has 0 aliphatic heterocycles.